The largest absolute Gasteiger partial charge is 1.00 e. The zero-order valence-corrected chi connectivity index (χ0v) is 12.5. The molecular weight excluding hydrogens is 288 g/mol. The number of halogens is 1. The van der Waals surface area contributed by atoms with Gasteiger partial charge < -0.3 is 17.0 Å². The molecule has 2 nitrogen and oxygen atoms in total. The van der Waals surface area contributed by atoms with Gasteiger partial charge in [0.25, 0.3) is 0 Å². The second kappa shape index (κ2) is 8.09. The molecule has 1 heterocycles. The number of imidazole rings is 1. The van der Waals surface area contributed by atoms with E-state index < -0.39 is 0 Å². The minimum Gasteiger partial charge on any atom is -1.00 e. The summed E-state index contributed by atoms with van der Waals surface area (Å²) >= 11 is 0. The fourth-order valence-electron chi connectivity index (χ4n) is 1.95. The van der Waals surface area contributed by atoms with Crippen molar-refractivity contribution in [2.75, 3.05) is 0 Å². The van der Waals surface area contributed by atoms with E-state index in [1.165, 1.54) is 18.4 Å². The zero-order valence-electron chi connectivity index (χ0n) is 10.9. The minimum atomic E-state index is 0. The van der Waals surface area contributed by atoms with Crippen LogP contribution < -0.4 is 21.5 Å². The lowest BCUT2D eigenvalue weighted by atomic mass is 10.1. The maximum atomic E-state index is 2.27. The lowest BCUT2D eigenvalue weighted by molar-refractivity contribution is -0.696. The van der Waals surface area contributed by atoms with Gasteiger partial charge in [0.05, 0.1) is 13.1 Å². The highest BCUT2D eigenvalue weighted by Gasteiger charge is 2.03. The Kier molecular flexibility index (Phi) is 6.73. The summed E-state index contributed by atoms with van der Waals surface area (Å²) in [5.41, 5.74) is 1.40. The first-order chi connectivity index (χ1) is 8.38. The first-order valence-electron chi connectivity index (χ1n) is 6.47. The fourth-order valence-corrected chi connectivity index (χ4v) is 1.95. The SMILES string of the molecule is CCCC[n+]1ccn(CCc2ccccc2)c1.[Br-]. The summed E-state index contributed by atoms with van der Waals surface area (Å²) in [4.78, 5) is 0. The van der Waals surface area contributed by atoms with Crippen LogP contribution in [0.5, 0.6) is 0 Å². The highest BCUT2D eigenvalue weighted by atomic mass is 79.9. The smallest absolute Gasteiger partial charge is 0.243 e. The summed E-state index contributed by atoms with van der Waals surface area (Å²) in [5, 5.41) is 0. The number of rotatable bonds is 6. The van der Waals surface area contributed by atoms with Crippen LogP contribution in [0.25, 0.3) is 0 Å². The summed E-state index contributed by atoms with van der Waals surface area (Å²) in [6.07, 6.45) is 10.1. The quantitative estimate of drug-likeness (QED) is 0.655. The number of benzene rings is 1. The van der Waals surface area contributed by atoms with E-state index in [4.69, 9.17) is 0 Å². The molecule has 0 saturated heterocycles. The molecule has 2 rings (SSSR count). The van der Waals surface area contributed by atoms with E-state index in [-0.39, 0.29) is 17.0 Å². The van der Waals surface area contributed by atoms with Crippen molar-refractivity contribution in [3.8, 4) is 0 Å². The van der Waals surface area contributed by atoms with Crippen LogP contribution in [0, 0.1) is 0 Å². The molecule has 0 amide bonds. The topological polar surface area (TPSA) is 8.81 Å². The fraction of sp³-hybridized carbons (Fsp3) is 0.400. The van der Waals surface area contributed by atoms with Crippen molar-refractivity contribution in [1.29, 1.82) is 0 Å². The van der Waals surface area contributed by atoms with E-state index in [0.717, 1.165) is 19.5 Å². The molecule has 3 heteroatoms. The Morgan fingerprint density at radius 3 is 2.67 bits per heavy atom. The Labute approximate surface area is 120 Å². The summed E-state index contributed by atoms with van der Waals surface area (Å²) < 4.78 is 4.54. The van der Waals surface area contributed by atoms with Crippen LogP contribution in [0.3, 0.4) is 0 Å². The van der Waals surface area contributed by atoms with Crippen LogP contribution in [0.15, 0.2) is 49.1 Å². The van der Waals surface area contributed by atoms with Gasteiger partial charge in [0.15, 0.2) is 0 Å². The first kappa shape index (κ1) is 15.0. The van der Waals surface area contributed by atoms with E-state index in [1.807, 2.05) is 0 Å². The highest BCUT2D eigenvalue weighted by molar-refractivity contribution is 5.14. The van der Waals surface area contributed by atoms with Crippen LogP contribution in [0.2, 0.25) is 0 Å². The Morgan fingerprint density at radius 2 is 1.94 bits per heavy atom. The number of unbranched alkanes of at least 4 members (excludes halogenated alkanes) is 1. The van der Waals surface area contributed by atoms with Gasteiger partial charge >= 0.3 is 0 Å². The number of hydrogen-bond donors (Lipinski definition) is 0. The Hall–Kier alpha value is -1.09. The maximum absolute atomic E-state index is 2.27. The lowest BCUT2D eigenvalue weighted by Crippen LogP contribution is -3.00. The predicted octanol–water partition coefficient (Wildman–Crippen LogP) is -0.178. The molecule has 0 fully saturated rings. The Bertz CT molecular complexity index is 437. The molecule has 0 bridgehead atoms. The third-order valence-corrected chi connectivity index (χ3v) is 3.02. The molecule has 18 heavy (non-hydrogen) atoms. The molecule has 0 aliphatic rings. The van der Waals surface area contributed by atoms with Crippen LogP contribution in [-0.4, -0.2) is 4.57 Å². The van der Waals surface area contributed by atoms with E-state index in [9.17, 15) is 0 Å². The van der Waals surface area contributed by atoms with Gasteiger partial charge in [0, 0.05) is 6.42 Å². The molecule has 1 aromatic heterocycles. The molecule has 0 aliphatic heterocycles. The average molecular weight is 309 g/mol. The van der Waals surface area contributed by atoms with Gasteiger partial charge in [-0.2, -0.15) is 0 Å². The van der Waals surface area contributed by atoms with Crippen molar-refractivity contribution in [3.05, 3.63) is 54.6 Å². The molecule has 98 valence electrons. The third-order valence-electron chi connectivity index (χ3n) is 3.02. The van der Waals surface area contributed by atoms with Crippen molar-refractivity contribution in [1.82, 2.24) is 4.57 Å². The van der Waals surface area contributed by atoms with Gasteiger partial charge in [-0.25, -0.2) is 9.13 Å². The second-order valence-electron chi connectivity index (χ2n) is 4.48. The minimum absolute atomic E-state index is 0. The summed E-state index contributed by atoms with van der Waals surface area (Å²) in [6, 6.07) is 10.7. The molecule has 0 spiro atoms. The second-order valence-corrected chi connectivity index (χ2v) is 4.48. The number of hydrogen-bond acceptors (Lipinski definition) is 0. The third kappa shape index (κ3) is 4.65. The maximum Gasteiger partial charge on any atom is 0.243 e. The number of nitrogens with zero attached hydrogens (tertiary/aromatic N) is 2. The van der Waals surface area contributed by atoms with Crippen LogP contribution >= 0.6 is 0 Å². The van der Waals surface area contributed by atoms with Crippen molar-refractivity contribution in [2.24, 2.45) is 0 Å². The van der Waals surface area contributed by atoms with E-state index in [1.54, 1.807) is 0 Å². The van der Waals surface area contributed by atoms with Gasteiger partial charge in [-0.15, -0.1) is 0 Å². The Morgan fingerprint density at radius 1 is 1.17 bits per heavy atom. The van der Waals surface area contributed by atoms with E-state index in [2.05, 4.69) is 65.1 Å². The number of aryl methyl sites for hydroxylation is 3. The van der Waals surface area contributed by atoms with Crippen molar-refractivity contribution in [2.45, 2.75) is 39.3 Å². The molecule has 0 unspecified atom stereocenters. The van der Waals surface area contributed by atoms with Gasteiger partial charge in [-0.3, -0.25) is 0 Å². The van der Waals surface area contributed by atoms with E-state index in [0.29, 0.717) is 0 Å². The van der Waals surface area contributed by atoms with Crippen molar-refractivity contribution >= 4 is 0 Å². The van der Waals surface area contributed by atoms with Gasteiger partial charge in [-0.05, 0) is 12.0 Å². The zero-order chi connectivity index (χ0) is 11.9. The monoisotopic (exact) mass is 308 g/mol. The molecule has 0 radical (unpaired) electrons. The molecule has 0 atom stereocenters. The molecule has 0 N–H and O–H groups in total. The van der Waals surface area contributed by atoms with Crippen LogP contribution in [0.1, 0.15) is 25.3 Å². The van der Waals surface area contributed by atoms with Gasteiger partial charge in [0.1, 0.15) is 12.4 Å². The number of aromatic nitrogens is 2. The molecular formula is C15H21BrN2. The highest BCUT2D eigenvalue weighted by Crippen LogP contribution is 2.01. The Balaban J connectivity index is 0.00000162. The summed E-state index contributed by atoms with van der Waals surface area (Å²) in [6.45, 7) is 4.42. The molecule has 0 aliphatic carbocycles. The standard InChI is InChI=1S/C15H21N2.BrH/c1-2-3-10-16-12-13-17(14-16)11-9-15-7-5-4-6-8-15;/h4-8,12-14H,2-3,9-11H2,1H3;1H/q+1;/p-1. The van der Waals surface area contributed by atoms with Crippen LogP contribution in [-0.2, 0) is 19.5 Å². The lowest BCUT2D eigenvalue weighted by Gasteiger charge is -1.98. The summed E-state index contributed by atoms with van der Waals surface area (Å²) in [5.74, 6) is 0. The average Bonchev–Trinajstić information content (AvgIpc) is 2.83. The summed E-state index contributed by atoms with van der Waals surface area (Å²) in [7, 11) is 0. The molecule has 0 saturated carbocycles. The normalized spacial score (nSPS) is 10.1. The van der Waals surface area contributed by atoms with E-state index >= 15 is 0 Å². The van der Waals surface area contributed by atoms with Gasteiger partial charge in [0.2, 0.25) is 6.33 Å². The van der Waals surface area contributed by atoms with Crippen molar-refractivity contribution < 1.29 is 21.5 Å². The molecule has 2 aromatic rings. The molecule has 1 aromatic carbocycles. The van der Waals surface area contributed by atoms with Crippen molar-refractivity contribution in [3.63, 3.8) is 0 Å². The predicted molar refractivity (Wildman–Crippen MR) is 69.7 cm³/mol. The van der Waals surface area contributed by atoms with Gasteiger partial charge in [-0.1, -0.05) is 43.7 Å². The first-order valence-corrected chi connectivity index (χ1v) is 6.47. The van der Waals surface area contributed by atoms with Crippen LogP contribution in [0.4, 0.5) is 0 Å².